The molecule has 1 atom stereocenters. The fraction of sp³-hybridized carbons (Fsp3) is 0.938. The Bertz CT molecular complexity index is 334. The fourth-order valence-electron chi connectivity index (χ4n) is 3.02. The van der Waals surface area contributed by atoms with Crippen molar-refractivity contribution in [3.8, 4) is 0 Å². The molecule has 5 nitrogen and oxygen atoms in total. The van der Waals surface area contributed by atoms with Gasteiger partial charge in [-0.05, 0) is 32.9 Å². The first-order valence-electron chi connectivity index (χ1n) is 8.05. The summed E-state index contributed by atoms with van der Waals surface area (Å²) in [5.74, 6) is 1.69. The van der Waals surface area contributed by atoms with E-state index >= 15 is 0 Å². The molecule has 22 heavy (non-hydrogen) atoms. The number of hydrogen-bond acceptors (Lipinski definition) is 3. The molecule has 0 bridgehead atoms. The van der Waals surface area contributed by atoms with Crippen molar-refractivity contribution in [1.29, 1.82) is 0 Å². The van der Waals surface area contributed by atoms with E-state index in [2.05, 4.69) is 50.0 Å². The van der Waals surface area contributed by atoms with E-state index in [1.807, 2.05) is 0 Å². The number of rotatable bonds is 7. The van der Waals surface area contributed by atoms with Crippen molar-refractivity contribution in [2.75, 3.05) is 60.5 Å². The summed E-state index contributed by atoms with van der Waals surface area (Å²) in [6, 6.07) is 0. The third-order valence-corrected chi connectivity index (χ3v) is 3.72. The maximum absolute atomic E-state index is 5.28. The molecule has 1 aliphatic heterocycles. The molecule has 1 fully saturated rings. The molecule has 1 unspecified atom stereocenters. The second-order valence-electron chi connectivity index (χ2n) is 7.13. The second kappa shape index (κ2) is 10.6. The molecule has 132 valence electrons. The summed E-state index contributed by atoms with van der Waals surface area (Å²) in [4.78, 5) is 9.48. The first kappa shape index (κ1) is 21.9. The van der Waals surface area contributed by atoms with Gasteiger partial charge in [-0.2, -0.15) is 0 Å². The predicted molar refractivity (Wildman–Crippen MR) is 105 cm³/mol. The Balaban J connectivity index is 0.00000441. The summed E-state index contributed by atoms with van der Waals surface area (Å²) >= 11 is 0. The Morgan fingerprint density at radius 3 is 2.64 bits per heavy atom. The van der Waals surface area contributed by atoms with Crippen LogP contribution in [0.15, 0.2) is 4.99 Å². The lowest BCUT2D eigenvalue weighted by molar-refractivity contribution is 0.157. The number of nitrogens with zero attached hydrogens (tertiary/aromatic N) is 3. The van der Waals surface area contributed by atoms with Crippen LogP contribution in [-0.4, -0.2) is 76.3 Å². The molecule has 1 N–H and O–H groups in total. The fourth-order valence-corrected chi connectivity index (χ4v) is 3.02. The Hall–Kier alpha value is -0.0800. The summed E-state index contributed by atoms with van der Waals surface area (Å²) < 4.78 is 5.28. The maximum atomic E-state index is 5.28. The summed E-state index contributed by atoms with van der Waals surface area (Å²) in [6.45, 7) is 12.5. The van der Waals surface area contributed by atoms with Crippen LogP contribution in [0.4, 0.5) is 0 Å². The quantitative estimate of drug-likeness (QED) is 0.385. The van der Waals surface area contributed by atoms with E-state index in [9.17, 15) is 0 Å². The number of ether oxygens (including phenoxy) is 1. The van der Waals surface area contributed by atoms with E-state index in [1.54, 1.807) is 7.11 Å². The number of halogens is 1. The van der Waals surface area contributed by atoms with E-state index < -0.39 is 0 Å². The number of nitrogens with one attached hydrogen (secondary N) is 1. The average molecular weight is 426 g/mol. The van der Waals surface area contributed by atoms with Crippen LogP contribution in [0.2, 0.25) is 0 Å². The number of methoxy groups -OCH3 is 1. The molecule has 0 aromatic rings. The van der Waals surface area contributed by atoms with Crippen LogP contribution in [0, 0.1) is 11.3 Å². The van der Waals surface area contributed by atoms with Crippen molar-refractivity contribution in [1.82, 2.24) is 15.1 Å². The van der Waals surface area contributed by atoms with Gasteiger partial charge in [-0.1, -0.05) is 13.8 Å². The average Bonchev–Trinajstić information content (AvgIpc) is 2.82. The van der Waals surface area contributed by atoms with E-state index in [4.69, 9.17) is 9.73 Å². The molecule has 0 aromatic carbocycles. The lowest BCUT2D eigenvalue weighted by Gasteiger charge is -2.28. The molecule has 0 spiro atoms. The van der Waals surface area contributed by atoms with Crippen LogP contribution in [-0.2, 0) is 4.74 Å². The van der Waals surface area contributed by atoms with E-state index in [-0.39, 0.29) is 29.4 Å². The highest BCUT2D eigenvalue weighted by Crippen LogP contribution is 2.19. The summed E-state index contributed by atoms with van der Waals surface area (Å²) in [5.41, 5.74) is 0.190. The predicted octanol–water partition coefficient (Wildman–Crippen LogP) is 2.13. The van der Waals surface area contributed by atoms with Crippen molar-refractivity contribution in [3.05, 3.63) is 0 Å². The molecule has 0 aliphatic carbocycles. The zero-order chi connectivity index (χ0) is 15.9. The second-order valence-corrected chi connectivity index (χ2v) is 7.13. The smallest absolute Gasteiger partial charge is 0.193 e. The zero-order valence-corrected chi connectivity index (χ0v) is 17.5. The molecule has 1 aliphatic rings. The minimum atomic E-state index is 0. The van der Waals surface area contributed by atoms with E-state index in [0.29, 0.717) is 5.92 Å². The van der Waals surface area contributed by atoms with Crippen LogP contribution in [0.1, 0.15) is 27.2 Å². The van der Waals surface area contributed by atoms with Gasteiger partial charge in [0.05, 0.1) is 6.61 Å². The van der Waals surface area contributed by atoms with Crippen LogP contribution < -0.4 is 5.32 Å². The van der Waals surface area contributed by atoms with Gasteiger partial charge in [0.25, 0.3) is 0 Å². The molecule has 6 heteroatoms. The van der Waals surface area contributed by atoms with Crippen LogP contribution in [0.25, 0.3) is 0 Å². The first-order valence-corrected chi connectivity index (χ1v) is 8.05. The molecular formula is C16H35IN4O. The lowest BCUT2D eigenvalue weighted by Crippen LogP contribution is -2.41. The molecular weight excluding hydrogens is 391 g/mol. The molecule has 0 saturated carbocycles. The number of guanidine groups is 1. The van der Waals surface area contributed by atoms with Crippen LogP contribution in [0.5, 0.6) is 0 Å². The van der Waals surface area contributed by atoms with Gasteiger partial charge in [0.1, 0.15) is 0 Å². The third-order valence-electron chi connectivity index (χ3n) is 3.72. The summed E-state index contributed by atoms with van der Waals surface area (Å²) in [7, 11) is 6.02. The third kappa shape index (κ3) is 7.97. The number of likely N-dealkylation sites (tertiary alicyclic amines) is 1. The summed E-state index contributed by atoms with van der Waals surface area (Å²) in [5, 5.41) is 3.43. The SMILES string of the molecule is CCNC(=NCC(C)(C)CN(C)C)N1CCC(COC)C1.I. The topological polar surface area (TPSA) is 40.1 Å². The monoisotopic (exact) mass is 426 g/mol. The molecule has 0 amide bonds. The number of hydrogen-bond donors (Lipinski definition) is 1. The Morgan fingerprint density at radius 1 is 1.41 bits per heavy atom. The van der Waals surface area contributed by atoms with Gasteiger partial charge in [-0.25, -0.2) is 0 Å². The summed E-state index contributed by atoms with van der Waals surface area (Å²) in [6.07, 6.45) is 1.19. The van der Waals surface area contributed by atoms with Crippen LogP contribution >= 0.6 is 24.0 Å². The minimum absolute atomic E-state index is 0. The van der Waals surface area contributed by atoms with E-state index in [0.717, 1.165) is 45.3 Å². The molecule has 1 saturated heterocycles. The van der Waals surface area contributed by atoms with Crippen molar-refractivity contribution in [2.24, 2.45) is 16.3 Å². The minimum Gasteiger partial charge on any atom is -0.384 e. The van der Waals surface area contributed by atoms with Gasteiger partial charge in [-0.3, -0.25) is 4.99 Å². The highest BCUT2D eigenvalue weighted by atomic mass is 127. The van der Waals surface area contributed by atoms with Gasteiger partial charge in [0, 0.05) is 45.8 Å². The molecule has 1 rings (SSSR count). The van der Waals surface area contributed by atoms with Gasteiger partial charge in [-0.15, -0.1) is 24.0 Å². The van der Waals surface area contributed by atoms with Crippen molar-refractivity contribution in [2.45, 2.75) is 27.2 Å². The van der Waals surface area contributed by atoms with Crippen molar-refractivity contribution >= 4 is 29.9 Å². The standard InChI is InChI=1S/C16H34N4O.HI/c1-7-17-15(18-12-16(2,3)13-19(4)5)20-9-8-14(10-20)11-21-6;/h14H,7-13H2,1-6H3,(H,17,18);1H. The van der Waals surface area contributed by atoms with Crippen molar-refractivity contribution in [3.63, 3.8) is 0 Å². The van der Waals surface area contributed by atoms with E-state index in [1.165, 1.54) is 6.42 Å². The van der Waals surface area contributed by atoms with Gasteiger partial charge in [0.2, 0.25) is 0 Å². The largest absolute Gasteiger partial charge is 0.384 e. The Morgan fingerprint density at radius 2 is 2.09 bits per heavy atom. The highest BCUT2D eigenvalue weighted by molar-refractivity contribution is 14.0. The van der Waals surface area contributed by atoms with Gasteiger partial charge >= 0.3 is 0 Å². The maximum Gasteiger partial charge on any atom is 0.193 e. The number of aliphatic imine (C=N–C) groups is 1. The Labute approximate surface area is 153 Å². The van der Waals surface area contributed by atoms with Crippen LogP contribution in [0.3, 0.4) is 0 Å². The highest BCUT2D eigenvalue weighted by Gasteiger charge is 2.25. The normalized spacial score (nSPS) is 19.5. The molecule has 1 heterocycles. The zero-order valence-electron chi connectivity index (χ0n) is 15.2. The Kier molecular flexibility index (Phi) is 10.6. The van der Waals surface area contributed by atoms with Gasteiger partial charge < -0.3 is 19.9 Å². The van der Waals surface area contributed by atoms with Gasteiger partial charge in [0.15, 0.2) is 5.96 Å². The lowest BCUT2D eigenvalue weighted by atomic mass is 9.93. The van der Waals surface area contributed by atoms with Crippen molar-refractivity contribution < 1.29 is 4.74 Å². The first-order chi connectivity index (χ1) is 9.88. The molecule has 0 aromatic heterocycles. The molecule has 0 radical (unpaired) electrons.